The number of anilines is 1. The van der Waals surface area contributed by atoms with Gasteiger partial charge in [-0.2, -0.15) is 0 Å². The minimum atomic E-state index is -0.300. The molecule has 0 bridgehead atoms. The fourth-order valence-corrected chi connectivity index (χ4v) is 2.19. The fourth-order valence-electron chi connectivity index (χ4n) is 1.44. The van der Waals surface area contributed by atoms with E-state index in [0.29, 0.717) is 16.0 Å². The molecule has 0 fully saturated rings. The summed E-state index contributed by atoms with van der Waals surface area (Å²) in [5, 5.41) is 4.30. The number of rotatable bonds is 2. The molecule has 0 radical (unpaired) electrons. The van der Waals surface area contributed by atoms with Gasteiger partial charge in [0.05, 0.1) is 0 Å². The molecular formula is C11H10ClN3OS. The van der Waals surface area contributed by atoms with Crippen LogP contribution in [0.5, 0.6) is 0 Å². The molecule has 1 N–H and O–H groups in total. The third-order valence-electron chi connectivity index (χ3n) is 2.05. The van der Waals surface area contributed by atoms with Gasteiger partial charge in [0.25, 0.3) is 5.91 Å². The molecule has 0 saturated heterocycles. The Balaban J connectivity index is 2.18. The quantitative estimate of drug-likeness (QED) is 0.910. The summed E-state index contributed by atoms with van der Waals surface area (Å²) in [5.74, 6) is 0.224. The van der Waals surface area contributed by atoms with Gasteiger partial charge in [-0.25, -0.2) is 9.97 Å². The van der Waals surface area contributed by atoms with E-state index in [1.165, 1.54) is 11.3 Å². The maximum absolute atomic E-state index is 11.8. The first-order valence-electron chi connectivity index (χ1n) is 4.92. The monoisotopic (exact) mass is 267 g/mol. The summed E-state index contributed by atoms with van der Waals surface area (Å²) in [6, 6.07) is 3.74. The van der Waals surface area contributed by atoms with Crippen LogP contribution in [-0.4, -0.2) is 15.9 Å². The number of aryl methyl sites for hydroxylation is 2. The topological polar surface area (TPSA) is 54.9 Å². The van der Waals surface area contributed by atoms with Crippen molar-refractivity contribution in [1.82, 2.24) is 9.97 Å². The Bertz CT molecular complexity index is 547. The van der Waals surface area contributed by atoms with Crippen molar-refractivity contribution in [2.45, 2.75) is 13.8 Å². The molecule has 0 saturated carbocycles. The number of carbonyl (C=O) groups excluding carboxylic acids is 1. The van der Waals surface area contributed by atoms with Crippen molar-refractivity contribution in [1.29, 1.82) is 0 Å². The molecule has 2 aromatic rings. The van der Waals surface area contributed by atoms with Crippen molar-refractivity contribution in [3.05, 3.63) is 38.9 Å². The predicted octanol–water partition coefficient (Wildman–Crippen LogP) is 3.06. The summed E-state index contributed by atoms with van der Waals surface area (Å²) in [6.07, 6.45) is 0. The molecule has 0 atom stereocenters. The first kappa shape index (κ1) is 12.0. The van der Waals surface area contributed by atoms with Gasteiger partial charge in [-0.3, -0.25) is 4.79 Å². The normalized spacial score (nSPS) is 10.3. The minimum absolute atomic E-state index is 0.300. The van der Waals surface area contributed by atoms with Crippen LogP contribution in [0.25, 0.3) is 0 Å². The molecule has 2 rings (SSSR count). The number of hydrogen-bond acceptors (Lipinski definition) is 4. The summed E-state index contributed by atoms with van der Waals surface area (Å²) < 4.78 is 0.350. The van der Waals surface area contributed by atoms with Crippen LogP contribution in [0.2, 0.25) is 4.47 Å². The maximum Gasteiger partial charge on any atom is 0.276 e. The lowest BCUT2D eigenvalue weighted by molar-refractivity contribution is 0.102. The molecule has 0 aliphatic carbocycles. The van der Waals surface area contributed by atoms with Crippen LogP contribution in [0, 0.1) is 13.8 Å². The highest BCUT2D eigenvalue weighted by Crippen LogP contribution is 2.16. The van der Waals surface area contributed by atoms with E-state index in [4.69, 9.17) is 11.6 Å². The van der Waals surface area contributed by atoms with Crippen molar-refractivity contribution >= 4 is 34.7 Å². The van der Waals surface area contributed by atoms with Crippen molar-refractivity contribution in [2.24, 2.45) is 0 Å². The summed E-state index contributed by atoms with van der Waals surface area (Å²) in [5.41, 5.74) is 2.21. The van der Waals surface area contributed by atoms with E-state index in [9.17, 15) is 4.79 Å². The Morgan fingerprint density at radius 2 is 2.12 bits per heavy atom. The number of aromatic nitrogens is 2. The van der Waals surface area contributed by atoms with Crippen molar-refractivity contribution in [2.75, 3.05) is 5.32 Å². The van der Waals surface area contributed by atoms with Crippen molar-refractivity contribution in [3.8, 4) is 0 Å². The second-order valence-electron chi connectivity index (χ2n) is 3.61. The zero-order chi connectivity index (χ0) is 12.4. The highest BCUT2D eigenvalue weighted by Gasteiger charge is 2.11. The molecule has 0 unspecified atom stereocenters. The Morgan fingerprint density at radius 3 is 2.71 bits per heavy atom. The van der Waals surface area contributed by atoms with Crippen LogP contribution >= 0.6 is 22.9 Å². The SMILES string of the molecule is Cc1cc(C)nc(NC(=O)c2csc(Cl)n2)c1. The minimum Gasteiger partial charge on any atom is -0.305 e. The van der Waals surface area contributed by atoms with Gasteiger partial charge < -0.3 is 5.32 Å². The van der Waals surface area contributed by atoms with E-state index in [1.807, 2.05) is 19.9 Å². The highest BCUT2D eigenvalue weighted by molar-refractivity contribution is 7.14. The molecule has 0 spiro atoms. The molecule has 1 amide bonds. The number of amides is 1. The first-order valence-corrected chi connectivity index (χ1v) is 6.18. The third kappa shape index (κ3) is 3.01. The average molecular weight is 268 g/mol. The van der Waals surface area contributed by atoms with E-state index in [1.54, 1.807) is 11.4 Å². The predicted molar refractivity (Wildman–Crippen MR) is 68.8 cm³/mol. The maximum atomic E-state index is 11.8. The van der Waals surface area contributed by atoms with Gasteiger partial charge >= 0.3 is 0 Å². The van der Waals surface area contributed by atoms with Crippen LogP contribution in [-0.2, 0) is 0 Å². The van der Waals surface area contributed by atoms with Gasteiger partial charge in [0, 0.05) is 11.1 Å². The molecule has 0 aromatic carbocycles. The number of nitrogens with one attached hydrogen (secondary N) is 1. The number of carbonyl (C=O) groups is 1. The van der Waals surface area contributed by atoms with E-state index in [0.717, 1.165) is 11.3 Å². The summed E-state index contributed by atoms with van der Waals surface area (Å²) in [7, 11) is 0. The van der Waals surface area contributed by atoms with Gasteiger partial charge in [0.2, 0.25) is 0 Å². The molecule has 0 aliphatic rings. The molecule has 2 heterocycles. The molecule has 88 valence electrons. The zero-order valence-electron chi connectivity index (χ0n) is 9.32. The Labute approximate surface area is 108 Å². The number of hydrogen-bond donors (Lipinski definition) is 1. The lowest BCUT2D eigenvalue weighted by Crippen LogP contribution is -2.13. The Hall–Kier alpha value is -1.46. The van der Waals surface area contributed by atoms with Crippen LogP contribution in [0.3, 0.4) is 0 Å². The second-order valence-corrected chi connectivity index (χ2v) is 5.05. The number of pyridine rings is 1. The standard InChI is InChI=1S/C11H10ClN3OS/c1-6-3-7(2)13-9(4-6)15-10(16)8-5-17-11(12)14-8/h3-5H,1-2H3,(H,13,15,16). The summed E-state index contributed by atoms with van der Waals surface area (Å²) >= 11 is 6.89. The largest absolute Gasteiger partial charge is 0.305 e. The fraction of sp³-hybridized carbons (Fsp3) is 0.182. The van der Waals surface area contributed by atoms with E-state index in [2.05, 4.69) is 15.3 Å². The molecule has 0 aliphatic heterocycles. The lowest BCUT2D eigenvalue weighted by Gasteiger charge is -2.04. The van der Waals surface area contributed by atoms with Crippen LogP contribution in [0.15, 0.2) is 17.5 Å². The van der Waals surface area contributed by atoms with Gasteiger partial charge in [0.1, 0.15) is 11.5 Å². The number of thiazole rings is 1. The van der Waals surface area contributed by atoms with E-state index < -0.39 is 0 Å². The Kier molecular flexibility index (Phi) is 3.40. The van der Waals surface area contributed by atoms with Gasteiger partial charge in [0.15, 0.2) is 4.47 Å². The van der Waals surface area contributed by atoms with Crippen molar-refractivity contribution in [3.63, 3.8) is 0 Å². The molecule has 17 heavy (non-hydrogen) atoms. The summed E-state index contributed by atoms with van der Waals surface area (Å²) in [4.78, 5) is 19.9. The number of halogens is 1. The molecule has 6 heteroatoms. The highest BCUT2D eigenvalue weighted by atomic mass is 35.5. The Morgan fingerprint density at radius 1 is 1.35 bits per heavy atom. The third-order valence-corrected chi connectivity index (χ3v) is 3.03. The van der Waals surface area contributed by atoms with Crippen LogP contribution in [0.4, 0.5) is 5.82 Å². The molecule has 4 nitrogen and oxygen atoms in total. The van der Waals surface area contributed by atoms with Crippen LogP contribution < -0.4 is 5.32 Å². The van der Waals surface area contributed by atoms with Crippen molar-refractivity contribution < 1.29 is 4.79 Å². The average Bonchev–Trinajstić information content (AvgIpc) is 2.63. The van der Waals surface area contributed by atoms with Gasteiger partial charge in [-0.15, -0.1) is 11.3 Å². The van der Waals surface area contributed by atoms with E-state index in [-0.39, 0.29) is 5.91 Å². The van der Waals surface area contributed by atoms with Gasteiger partial charge in [-0.1, -0.05) is 11.6 Å². The van der Waals surface area contributed by atoms with E-state index >= 15 is 0 Å². The lowest BCUT2D eigenvalue weighted by atomic mass is 10.2. The number of nitrogens with zero attached hydrogens (tertiary/aromatic N) is 2. The second kappa shape index (κ2) is 4.81. The molecule has 2 aromatic heterocycles. The summed E-state index contributed by atoms with van der Waals surface area (Å²) in [6.45, 7) is 3.83. The first-order chi connectivity index (χ1) is 8.04. The zero-order valence-corrected chi connectivity index (χ0v) is 10.9. The van der Waals surface area contributed by atoms with Gasteiger partial charge in [-0.05, 0) is 31.5 Å². The molecular weight excluding hydrogens is 258 g/mol. The van der Waals surface area contributed by atoms with Crippen LogP contribution in [0.1, 0.15) is 21.7 Å². The smallest absolute Gasteiger partial charge is 0.276 e.